The van der Waals surface area contributed by atoms with Crippen LogP contribution in [-0.4, -0.2) is 24.1 Å². The summed E-state index contributed by atoms with van der Waals surface area (Å²) in [5, 5.41) is 3.36. The van der Waals surface area contributed by atoms with E-state index < -0.39 is 0 Å². The number of nitrogens with one attached hydrogen (secondary N) is 1. The first-order chi connectivity index (χ1) is 8.61. The lowest BCUT2D eigenvalue weighted by molar-refractivity contribution is 0.625. The van der Waals surface area contributed by atoms with Crippen molar-refractivity contribution in [2.45, 2.75) is 46.7 Å². The Balaban J connectivity index is 2.13. The van der Waals surface area contributed by atoms with Gasteiger partial charge in [0, 0.05) is 24.8 Å². The second-order valence-electron chi connectivity index (χ2n) is 5.54. The minimum absolute atomic E-state index is 0.617. The topological polar surface area (TPSA) is 28.2 Å². The van der Waals surface area contributed by atoms with Crippen molar-refractivity contribution in [1.82, 2.24) is 10.3 Å². The van der Waals surface area contributed by atoms with Crippen LogP contribution in [0.3, 0.4) is 0 Å². The van der Waals surface area contributed by atoms with Gasteiger partial charge in [0.15, 0.2) is 0 Å². The van der Waals surface area contributed by atoms with Crippen LogP contribution in [0.5, 0.6) is 0 Å². The Hall–Kier alpha value is -1.09. The van der Waals surface area contributed by atoms with Gasteiger partial charge in [0.05, 0.1) is 0 Å². The summed E-state index contributed by atoms with van der Waals surface area (Å²) in [5.74, 6) is 1.92. The quantitative estimate of drug-likeness (QED) is 0.886. The zero-order valence-electron chi connectivity index (χ0n) is 12.0. The third-order valence-electron chi connectivity index (χ3n) is 3.82. The maximum absolute atomic E-state index is 4.78. The van der Waals surface area contributed by atoms with Gasteiger partial charge in [-0.1, -0.05) is 19.9 Å². The summed E-state index contributed by atoms with van der Waals surface area (Å²) < 4.78 is 0. The highest BCUT2D eigenvalue weighted by molar-refractivity contribution is 5.44. The van der Waals surface area contributed by atoms with E-state index in [9.17, 15) is 0 Å². The molecule has 0 aliphatic carbocycles. The van der Waals surface area contributed by atoms with Crippen LogP contribution < -0.4 is 10.2 Å². The second kappa shape index (κ2) is 5.70. The summed E-state index contributed by atoms with van der Waals surface area (Å²) in [4.78, 5) is 7.22. The van der Waals surface area contributed by atoms with Crippen molar-refractivity contribution >= 4 is 5.82 Å². The van der Waals surface area contributed by atoms with Crippen LogP contribution in [0.15, 0.2) is 12.1 Å². The van der Waals surface area contributed by atoms with Gasteiger partial charge < -0.3 is 10.2 Å². The number of hydrogen-bond acceptors (Lipinski definition) is 3. The van der Waals surface area contributed by atoms with Crippen LogP contribution in [-0.2, 0) is 6.54 Å². The molecule has 2 unspecified atom stereocenters. The lowest BCUT2D eigenvalue weighted by atomic mass is 10.1. The van der Waals surface area contributed by atoms with Crippen LogP contribution in [0.1, 0.15) is 38.4 Å². The molecule has 2 rings (SSSR count). The summed E-state index contributed by atoms with van der Waals surface area (Å²) >= 11 is 0. The number of rotatable bonds is 4. The van der Waals surface area contributed by atoms with Gasteiger partial charge in [0.25, 0.3) is 0 Å². The Morgan fingerprint density at radius 1 is 1.39 bits per heavy atom. The molecule has 1 N–H and O–H groups in total. The maximum Gasteiger partial charge on any atom is 0.129 e. The molecule has 1 fully saturated rings. The Labute approximate surface area is 111 Å². The maximum atomic E-state index is 4.78. The van der Waals surface area contributed by atoms with Crippen molar-refractivity contribution in [3.63, 3.8) is 0 Å². The minimum atomic E-state index is 0.617. The molecule has 1 aliphatic rings. The SMILES string of the molecule is CCNCc1ccc(N2CC(C)CC2C)nc1C. The number of hydrogen-bond donors (Lipinski definition) is 1. The molecule has 0 spiro atoms. The molecule has 3 nitrogen and oxygen atoms in total. The molecule has 100 valence electrons. The highest BCUT2D eigenvalue weighted by Gasteiger charge is 2.27. The Morgan fingerprint density at radius 3 is 2.72 bits per heavy atom. The summed E-state index contributed by atoms with van der Waals surface area (Å²) in [6.07, 6.45) is 1.28. The van der Waals surface area contributed by atoms with E-state index in [1.807, 2.05) is 0 Å². The Bertz CT molecular complexity index is 403. The predicted octanol–water partition coefficient (Wildman–Crippen LogP) is 2.73. The summed E-state index contributed by atoms with van der Waals surface area (Å²) in [5.41, 5.74) is 2.46. The molecule has 2 atom stereocenters. The van der Waals surface area contributed by atoms with Crippen LogP contribution in [0, 0.1) is 12.8 Å². The van der Waals surface area contributed by atoms with Crippen molar-refractivity contribution in [1.29, 1.82) is 0 Å². The molecule has 18 heavy (non-hydrogen) atoms. The van der Waals surface area contributed by atoms with Gasteiger partial charge in [-0.15, -0.1) is 0 Å². The fourth-order valence-electron chi connectivity index (χ4n) is 2.80. The number of pyridine rings is 1. The van der Waals surface area contributed by atoms with Gasteiger partial charge >= 0.3 is 0 Å². The van der Waals surface area contributed by atoms with Crippen molar-refractivity contribution in [3.05, 3.63) is 23.4 Å². The van der Waals surface area contributed by atoms with E-state index >= 15 is 0 Å². The highest BCUT2D eigenvalue weighted by Crippen LogP contribution is 2.27. The monoisotopic (exact) mass is 247 g/mol. The molecule has 1 aromatic rings. The Kier molecular flexibility index (Phi) is 4.23. The van der Waals surface area contributed by atoms with Crippen LogP contribution >= 0.6 is 0 Å². The van der Waals surface area contributed by atoms with Gasteiger partial charge in [-0.2, -0.15) is 0 Å². The van der Waals surface area contributed by atoms with Crippen LogP contribution in [0.4, 0.5) is 5.82 Å². The third kappa shape index (κ3) is 2.83. The lowest BCUT2D eigenvalue weighted by Gasteiger charge is -2.23. The number of aryl methyl sites for hydroxylation is 1. The van der Waals surface area contributed by atoms with E-state index in [1.165, 1.54) is 12.0 Å². The summed E-state index contributed by atoms with van der Waals surface area (Å²) in [6, 6.07) is 5.01. The fourth-order valence-corrected chi connectivity index (χ4v) is 2.80. The smallest absolute Gasteiger partial charge is 0.129 e. The van der Waals surface area contributed by atoms with Gasteiger partial charge in [-0.25, -0.2) is 4.98 Å². The van der Waals surface area contributed by atoms with Crippen molar-refractivity contribution in [2.24, 2.45) is 5.92 Å². The molecule has 0 amide bonds. The van der Waals surface area contributed by atoms with E-state index in [-0.39, 0.29) is 0 Å². The molecule has 1 aromatic heterocycles. The molecule has 0 bridgehead atoms. The van der Waals surface area contributed by atoms with Gasteiger partial charge in [-0.05, 0) is 44.4 Å². The Morgan fingerprint density at radius 2 is 2.17 bits per heavy atom. The average Bonchev–Trinajstić information content (AvgIpc) is 2.67. The second-order valence-corrected chi connectivity index (χ2v) is 5.54. The highest BCUT2D eigenvalue weighted by atomic mass is 15.2. The molecule has 0 saturated carbocycles. The molecule has 0 aromatic carbocycles. The molecular formula is C15H25N3. The largest absolute Gasteiger partial charge is 0.354 e. The molecule has 0 radical (unpaired) electrons. The molecular weight excluding hydrogens is 222 g/mol. The van der Waals surface area contributed by atoms with Crippen molar-refractivity contribution in [2.75, 3.05) is 18.0 Å². The van der Waals surface area contributed by atoms with Crippen molar-refractivity contribution < 1.29 is 0 Å². The fraction of sp³-hybridized carbons (Fsp3) is 0.667. The average molecular weight is 247 g/mol. The van der Waals surface area contributed by atoms with Crippen LogP contribution in [0.2, 0.25) is 0 Å². The van der Waals surface area contributed by atoms with Gasteiger partial charge in [0.2, 0.25) is 0 Å². The third-order valence-corrected chi connectivity index (χ3v) is 3.82. The molecule has 2 heterocycles. The molecule has 1 saturated heterocycles. The first-order valence-electron chi connectivity index (χ1n) is 7.05. The minimum Gasteiger partial charge on any atom is -0.354 e. The first-order valence-corrected chi connectivity index (χ1v) is 7.05. The number of aromatic nitrogens is 1. The van der Waals surface area contributed by atoms with Crippen molar-refractivity contribution in [3.8, 4) is 0 Å². The van der Waals surface area contributed by atoms with E-state index in [2.05, 4.69) is 50.0 Å². The number of anilines is 1. The normalized spacial score (nSPS) is 23.7. The predicted molar refractivity (Wildman–Crippen MR) is 76.9 cm³/mol. The van der Waals surface area contributed by atoms with Gasteiger partial charge in [-0.3, -0.25) is 0 Å². The van der Waals surface area contributed by atoms with Gasteiger partial charge in [0.1, 0.15) is 5.82 Å². The summed E-state index contributed by atoms with van der Waals surface area (Å²) in [7, 11) is 0. The van der Waals surface area contributed by atoms with E-state index in [0.29, 0.717) is 6.04 Å². The molecule has 1 aliphatic heterocycles. The van der Waals surface area contributed by atoms with E-state index in [0.717, 1.165) is 37.1 Å². The summed E-state index contributed by atoms with van der Waals surface area (Å²) in [6.45, 7) is 11.9. The molecule has 3 heteroatoms. The van der Waals surface area contributed by atoms with Crippen LogP contribution in [0.25, 0.3) is 0 Å². The van der Waals surface area contributed by atoms with E-state index in [1.54, 1.807) is 0 Å². The zero-order chi connectivity index (χ0) is 13.1. The lowest BCUT2D eigenvalue weighted by Crippen LogP contribution is -2.28. The standard InChI is InChI=1S/C15H25N3/c1-5-16-9-14-6-7-15(17-13(14)4)18-10-11(2)8-12(18)3/h6-7,11-12,16H,5,8-10H2,1-4H3. The first kappa shape index (κ1) is 13.3. The van der Waals surface area contributed by atoms with E-state index in [4.69, 9.17) is 4.98 Å². The zero-order valence-corrected chi connectivity index (χ0v) is 12.0. The number of nitrogens with zero attached hydrogens (tertiary/aromatic N) is 2.